The zero-order chi connectivity index (χ0) is 9.28. The predicted molar refractivity (Wildman–Crippen MR) is 53.9 cm³/mol. The monoisotopic (exact) mass is 176 g/mol. The molecular weight excluding hydrogens is 155 g/mol. The lowest BCUT2D eigenvalue weighted by Crippen LogP contribution is -2.32. The van der Waals surface area contributed by atoms with E-state index in [1.165, 1.54) is 0 Å². The summed E-state index contributed by atoms with van der Waals surface area (Å²) in [6.45, 7) is 10.3. The van der Waals surface area contributed by atoms with Crippen LogP contribution in [-0.2, 0) is 0 Å². The Labute approximate surface area is 72.8 Å². The molecule has 0 rings (SSSR count). The quantitative estimate of drug-likeness (QED) is 0.655. The van der Waals surface area contributed by atoms with Crippen molar-refractivity contribution in [3.63, 3.8) is 0 Å². The van der Waals surface area contributed by atoms with Crippen LogP contribution in [0.5, 0.6) is 0 Å². The Balaban J connectivity index is 4.13. The highest BCUT2D eigenvalue weighted by molar-refractivity contribution is 7.17. The van der Waals surface area contributed by atoms with Gasteiger partial charge in [-0.05, 0) is 31.3 Å². The maximum Gasteiger partial charge on any atom is 0.0597 e. The molecule has 0 heterocycles. The van der Waals surface area contributed by atoms with Crippen LogP contribution in [0.3, 0.4) is 0 Å². The van der Waals surface area contributed by atoms with Crippen molar-refractivity contribution in [3.8, 4) is 0 Å². The third kappa shape index (κ3) is 4.76. The van der Waals surface area contributed by atoms with E-state index in [1.807, 2.05) is 13.8 Å². The van der Waals surface area contributed by atoms with E-state index in [4.69, 9.17) is 0 Å². The van der Waals surface area contributed by atoms with E-state index in [2.05, 4.69) is 30.0 Å². The van der Waals surface area contributed by atoms with Crippen molar-refractivity contribution in [2.24, 2.45) is 5.41 Å². The van der Waals surface area contributed by atoms with Crippen LogP contribution in [0.15, 0.2) is 0 Å². The van der Waals surface area contributed by atoms with Crippen LogP contribution in [0.4, 0.5) is 0 Å². The summed E-state index contributed by atoms with van der Waals surface area (Å²) in [6.07, 6.45) is 0.838. The van der Waals surface area contributed by atoms with Crippen molar-refractivity contribution >= 4 is 9.24 Å². The summed E-state index contributed by atoms with van der Waals surface area (Å²) in [5.74, 6) is 0. The molecule has 0 saturated heterocycles. The van der Waals surface area contributed by atoms with Crippen LogP contribution in [0.25, 0.3) is 0 Å². The topological polar surface area (TPSA) is 20.2 Å². The van der Waals surface area contributed by atoms with Crippen molar-refractivity contribution in [2.45, 2.75) is 52.3 Å². The third-order valence-corrected chi connectivity index (χ3v) is 3.02. The Bertz CT molecular complexity index is 122. The fraction of sp³-hybridized carbons (Fsp3) is 1.00. The molecule has 68 valence electrons. The molecule has 0 bridgehead atoms. The van der Waals surface area contributed by atoms with Gasteiger partial charge < -0.3 is 5.11 Å². The molecule has 0 spiro atoms. The minimum absolute atomic E-state index is 0.197. The molecule has 0 amide bonds. The van der Waals surface area contributed by atoms with Gasteiger partial charge in [-0.15, -0.1) is 9.24 Å². The first kappa shape index (κ1) is 11.4. The average molecular weight is 176 g/mol. The summed E-state index contributed by atoms with van der Waals surface area (Å²) in [5, 5.41) is 9.59. The number of aliphatic hydroxyl groups is 1. The van der Waals surface area contributed by atoms with E-state index < -0.39 is 5.60 Å². The van der Waals surface area contributed by atoms with Gasteiger partial charge in [-0.2, -0.15) is 0 Å². The van der Waals surface area contributed by atoms with Gasteiger partial charge in [0.25, 0.3) is 0 Å². The number of rotatable bonds is 3. The molecule has 11 heavy (non-hydrogen) atoms. The number of hydrogen-bond donors (Lipinski definition) is 1. The van der Waals surface area contributed by atoms with E-state index in [-0.39, 0.29) is 5.41 Å². The van der Waals surface area contributed by atoms with Crippen molar-refractivity contribution in [1.82, 2.24) is 0 Å². The van der Waals surface area contributed by atoms with Crippen LogP contribution >= 0.6 is 9.24 Å². The first-order chi connectivity index (χ1) is 4.65. The van der Waals surface area contributed by atoms with E-state index in [9.17, 15) is 5.11 Å². The zero-order valence-corrected chi connectivity index (χ0v) is 9.46. The van der Waals surface area contributed by atoms with Crippen molar-refractivity contribution in [3.05, 3.63) is 0 Å². The Morgan fingerprint density at radius 1 is 1.27 bits per heavy atom. The third-order valence-electron chi connectivity index (χ3n) is 2.12. The Kier molecular flexibility index (Phi) is 3.53. The van der Waals surface area contributed by atoms with Gasteiger partial charge in [-0.1, -0.05) is 20.8 Å². The lowest BCUT2D eigenvalue weighted by Gasteiger charge is -2.34. The second-order valence-electron chi connectivity index (χ2n) is 4.77. The fourth-order valence-corrected chi connectivity index (χ4v) is 1.39. The van der Waals surface area contributed by atoms with Gasteiger partial charge >= 0.3 is 0 Å². The smallest absolute Gasteiger partial charge is 0.0597 e. The van der Waals surface area contributed by atoms with E-state index in [1.54, 1.807) is 0 Å². The van der Waals surface area contributed by atoms with Crippen molar-refractivity contribution < 1.29 is 5.11 Å². The Morgan fingerprint density at radius 3 is 1.73 bits per heavy atom. The normalized spacial score (nSPS) is 16.6. The van der Waals surface area contributed by atoms with Crippen LogP contribution in [0, 0.1) is 5.41 Å². The first-order valence-electron chi connectivity index (χ1n) is 4.13. The van der Waals surface area contributed by atoms with Gasteiger partial charge in [0.15, 0.2) is 0 Å². The molecule has 2 heteroatoms. The molecule has 1 nitrogen and oxygen atoms in total. The molecule has 2 atom stereocenters. The highest BCUT2D eigenvalue weighted by atomic mass is 31.0. The molecule has 0 aromatic heterocycles. The molecule has 0 saturated carbocycles. The van der Waals surface area contributed by atoms with Crippen LogP contribution in [0.2, 0.25) is 0 Å². The van der Waals surface area contributed by atoms with Crippen LogP contribution < -0.4 is 0 Å². The average Bonchev–Trinajstić information content (AvgIpc) is 1.56. The summed E-state index contributed by atoms with van der Waals surface area (Å²) < 4.78 is 0. The first-order valence-corrected chi connectivity index (χ1v) is 4.80. The second kappa shape index (κ2) is 3.41. The molecule has 0 radical (unpaired) electrons. The maximum atomic E-state index is 9.59. The lowest BCUT2D eigenvalue weighted by molar-refractivity contribution is 0.0323. The molecular formula is C9H21OP. The molecule has 1 N–H and O–H groups in total. The highest BCUT2D eigenvalue weighted by Crippen LogP contribution is 2.34. The van der Waals surface area contributed by atoms with Crippen LogP contribution in [0.1, 0.15) is 41.0 Å². The molecule has 0 fully saturated rings. The summed E-state index contributed by atoms with van der Waals surface area (Å²) in [7, 11) is 2.79. The minimum Gasteiger partial charge on any atom is -0.390 e. The summed E-state index contributed by atoms with van der Waals surface area (Å²) >= 11 is 0. The summed E-state index contributed by atoms with van der Waals surface area (Å²) in [4.78, 5) is 0. The molecule has 0 aliphatic rings. The van der Waals surface area contributed by atoms with E-state index in [0.29, 0.717) is 5.66 Å². The van der Waals surface area contributed by atoms with E-state index >= 15 is 0 Å². The zero-order valence-electron chi connectivity index (χ0n) is 8.31. The second-order valence-corrected chi connectivity index (χ2v) is 5.77. The molecule has 0 aromatic carbocycles. The Hall–Kier alpha value is 0.390. The summed E-state index contributed by atoms with van der Waals surface area (Å²) in [6, 6.07) is 0. The van der Waals surface area contributed by atoms with Gasteiger partial charge in [-0.3, -0.25) is 0 Å². The molecule has 0 aliphatic carbocycles. The van der Waals surface area contributed by atoms with E-state index in [0.717, 1.165) is 6.42 Å². The minimum atomic E-state index is -0.547. The van der Waals surface area contributed by atoms with Crippen molar-refractivity contribution in [1.29, 1.82) is 0 Å². The lowest BCUT2D eigenvalue weighted by atomic mass is 9.79. The largest absolute Gasteiger partial charge is 0.390 e. The highest BCUT2D eigenvalue weighted by Gasteiger charge is 2.29. The van der Waals surface area contributed by atoms with Gasteiger partial charge in [0.1, 0.15) is 0 Å². The Morgan fingerprint density at radius 2 is 1.64 bits per heavy atom. The molecule has 0 aliphatic heterocycles. The standard InChI is InChI=1S/C9H21OP/c1-7(11)8(2,3)6-9(4,5)10/h7,10H,6,11H2,1-5H3. The maximum absolute atomic E-state index is 9.59. The predicted octanol–water partition coefficient (Wildman–Crippen LogP) is 2.44. The van der Waals surface area contributed by atoms with Crippen molar-refractivity contribution in [2.75, 3.05) is 0 Å². The van der Waals surface area contributed by atoms with Gasteiger partial charge in [0.2, 0.25) is 0 Å². The summed E-state index contributed by atoms with van der Waals surface area (Å²) in [5.41, 5.74) is 0.186. The van der Waals surface area contributed by atoms with Crippen LogP contribution in [-0.4, -0.2) is 16.4 Å². The SMILES string of the molecule is CC(P)C(C)(C)CC(C)(C)O. The van der Waals surface area contributed by atoms with Gasteiger partial charge in [0, 0.05) is 0 Å². The molecule has 0 aromatic rings. The number of hydrogen-bond acceptors (Lipinski definition) is 1. The van der Waals surface area contributed by atoms with Gasteiger partial charge in [-0.25, -0.2) is 0 Å². The molecule has 2 unspecified atom stereocenters. The van der Waals surface area contributed by atoms with Gasteiger partial charge in [0.05, 0.1) is 5.60 Å². The fourth-order valence-electron chi connectivity index (χ4n) is 1.28.